The summed E-state index contributed by atoms with van der Waals surface area (Å²) in [6, 6.07) is 10.4. The molecule has 0 unspecified atom stereocenters. The van der Waals surface area contributed by atoms with Gasteiger partial charge in [-0.2, -0.15) is 0 Å². The summed E-state index contributed by atoms with van der Waals surface area (Å²) >= 11 is 5.37. The lowest BCUT2D eigenvalue weighted by Crippen LogP contribution is -2.50. The molecule has 0 atom stereocenters. The third-order valence-electron chi connectivity index (χ3n) is 3.33. The average molecular weight is 249 g/mol. The van der Waals surface area contributed by atoms with Crippen LogP contribution < -0.4 is 10.7 Å². The van der Waals surface area contributed by atoms with Gasteiger partial charge in [0.15, 0.2) is 5.11 Å². The fraction of sp³-hybridized carbons (Fsp3) is 0.462. The summed E-state index contributed by atoms with van der Waals surface area (Å²) in [6.45, 7) is 5.13. The number of hydrazine groups is 1. The highest BCUT2D eigenvalue weighted by Gasteiger charge is 2.36. The van der Waals surface area contributed by atoms with Crippen molar-refractivity contribution in [2.75, 3.05) is 0 Å². The second-order valence-corrected chi connectivity index (χ2v) is 4.79. The molecule has 1 aromatic rings. The van der Waals surface area contributed by atoms with Gasteiger partial charge in [0.05, 0.1) is 6.54 Å². The minimum Gasteiger partial charge on any atom is -0.342 e. The van der Waals surface area contributed by atoms with Gasteiger partial charge in [-0.15, -0.1) is 0 Å². The Morgan fingerprint density at radius 3 is 2.35 bits per heavy atom. The first-order valence-corrected chi connectivity index (χ1v) is 6.51. The fourth-order valence-corrected chi connectivity index (χ4v) is 2.38. The lowest BCUT2D eigenvalue weighted by atomic mass is 10.1. The molecule has 1 aromatic carbocycles. The molecule has 92 valence electrons. The van der Waals surface area contributed by atoms with Gasteiger partial charge in [-0.05, 0) is 30.6 Å². The Morgan fingerprint density at radius 2 is 1.82 bits per heavy atom. The van der Waals surface area contributed by atoms with Crippen molar-refractivity contribution in [1.29, 1.82) is 0 Å². The highest BCUT2D eigenvalue weighted by atomic mass is 32.1. The molecule has 3 nitrogen and oxygen atoms in total. The van der Waals surface area contributed by atoms with Gasteiger partial charge in [0, 0.05) is 0 Å². The van der Waals surface area contributed by atoms with Crippen LogP contribution in [-0.4, -0.2) is 15.8 Å². The summed E-state index contributed by atoms with van der Waals surface area (Å²) in [6.07, 6.45) is 2.02. The Labute approximate surface area is 108 Å². The lowest BCUT2D eigenvalue weighted by Gasteiger charge is -2.27. The van der Waals surface area contributed by atoms with E-state index in [4.69, 9.17) is 12.2 Å². The summed E-state index contributed by atoms with van der Waals surface area (Å²) < 4.78 is 0. The third-order valence-corrected chi connectivity index (χ3v) is 3.65. The molecule has 2 rings (SSSR count). The van der Waals surface area contributed by atoms with E-state index in [-0.39, 0.29) is 5.66 Å². The second kappa shape index (κ2) is 5.02. The smallest absolute Gasteiger partial charge is 0.185 e. The Balaban J connectivity index is 2.06. The molecule has 0 saturated carbocycles. The Kier molecular flexibility index (Phi) is 3.64. The van der Waals surface area contributed by atoms with Crippen molar-refractivity contribution in [1.82, 2.24) is 15.8 Å². The molecular weight excluding hydrogens is 230 g/mol. The first kappa shape index (κ1) is 12.3. The quantitative estimate of drug-likeness (QED) is 0.801. The molecule has 1 fully saturated rings. The van der Waals surface area contributed by atoms with E-state index in [0.717, 1.165) is 24.5 Å². The molecule has 17 heavy (non-hydrogen) atoms. The van der Waals surface area contributed by atoms with Gasteiger partial charge in [0.2, 0.25) is 0 Å². The molecule has 0 aromatic heterocycles. The van der Waals surface area contributed by atoms with Crippen LogP contribution in [0.2, 0.25) is 0 Å². The van der Waals surface area contributed by atoms with Crippen molar-refractivity contribution >= 4 is 17.3 Å². The molecule has 0 aliphatic carbocycles. The minimum atomic E-state index is -0.0636. The summed E-state index contributed by atoms with van der Waals surface area (Å²) in [4.78, 5) is 0. The van der Waals surface area contributed by atoms with Gasteiger partial charge in [-0.3, -0.25) is 5.01 Å². The van der Waals surface area contributed by atoms with Crippen LogP contribution in [0.1, 0.15) is 32.3 Å². The number of hydrogen-bond donors (Lipinski definition) is 2. The summed E-state index contributed by atoms with van der Waals surface area (Å²) in [5.74, 6) is 0. The predicted octanol–water partition coefficient (Wildman–Crippen LogP) is 2.40. The number of nitrogens with one attached hydrogen (secondary N) is 2. The standard InChI is InChI=1S/C13H19N3S/c1-3-13(4-2)14-12(17)16(15-13)10-11-8-6-5-7-9-11/h5-9,15H,3-4,10H2,1-2H3,(H,14,17). The van der Waals surface area contributed by atoms with Crippen molar-refractivity contribution in [3.8, 4) is 0 Å². The topological polar surface area (TPSA) is 27.3 Å². The van der Waals surface area contributed by atoms with Crippen LogP contribution in [0.3, 0.4) is 0 Å². The molecule has 2 N–H and O–H groups in total. The molecule has 0 amide bonds. The predicted molar refractivity (Wildman–Crippen MR) is 74.2 cm³/mol. The van der Waals surface area contributed by atoms with E-state index in [9.17, 15) is 0 Å². The molecule has 1 saturated heterocycles. The van der Waals surface area contributed by atoms with Gasteiger partial charge in [0.1, 0.15) is 5.66 Å². The summed E-state index contributed by atoms with van der Waals surface area (Å²) in [5.41, 5.74) is 4.68. The largest absolute Gasteiger partial charge is 0.342 e. The van der Waals surface area contributed by atoms with Gasteiger partial charge in [0.25, 0.3) is 0 Å². The molecule has 0 bridgehead atoms. The van der Waals surface area contributed by atoms with E-state index >= 15 is 0 Å². The number of hydrogen-bond acceptors (Lipinski definition) is 2. The Hall–Kier alpha value is -1.13. The van der Waals surface area contributed by atoms with E-state index in [1.54, 1.807) is 0 Å². The highest BCUT2D eigenvalue weighted by molar-refractivity contribution is 7.80. The zero-order chi connectivity index (χ0) is 12.3. The average Bonchev–Trinajstić information content (AvgIpc) is 2.68. The van der Waals surface area contributed by atoms with Crippen molar-refractivity contribution < 1.29 is 0 Å². The SMILES string of the molecule is CCC1(CC)NC(=S)N(Cc2ccccc2)N1. The normalized spacial score (nSPS) is 18.2. The maximum atomic E-state index is 5.37. The Morgan fingerprint density at radius 1 is 1.18 bits per heavy atom. The Bertz CT molecular complexity index is 387. The van der Waals surface area contributed by atoms with Crippen LogP contribution in [0.25, 0.3) is 0 Å². The minimum absolute atomic E-state index is 0.0636. The first-order valence-electron chi connectivity index (χ1n) is 6.10. The molecule has 0 spiro atoms. The van der Waals surface area contributed by atoms with Crippen molar-refractivity contribution in [2.45, 2.75) is 38.9 Å². The molecular formula is C13H19N3S. The fourth-order valence-electron chi connectivity index (χ4n) is 2.07. The van der Waals surface area contributed by atoms with Crippen molar-refractivity contribution in [2.24, 2.45) is 0 Å². The zero-order valence-corrected chi connectivity index (χ0v) is 11.2. The van der Waals surface area contributed by atoms with Gasteiger partial charge >= 0.3 is 0 Å². The highest BCUT2D eigenvalue weighted by Crippen LogP contribution is 2.19. The first-order chi connectivity index (χ1) is 8.19. The van der Waals surface area contributed by atoms with Crippen LogP contribution in [-0.2, 0) is 6.54 Å². The maximum absolute atomic E-state index is 5.37. The van der Waals surface area contributed by atoms with Crippen LogP contribution >= 0.6 is 12.2 Å². The van der Waals surface area contributed by atoms with Gasteiger partial charge in [-0.1, -0.05) is 44.2 Å². The number of nitrogens with zero attached hydrogens (tertiary/aromatic N) is 1. The van der Waals surface area contributed by atoms with Crippen LogP contribution in [0.4, 0.5) is 0 Å². The molecule has 1 aliphatic rings. The van der Waals surface area contributed by atoms with E-state index in [0.29, 0.717) is 0 Å². The second-order valence-electron chi connectivity index (χ2n) is 4.40. The molecule has 1 aliphatic heterocycles. The molecule has 4 heteroatoms. The van der Waals surface area contributed by atoms with Gasteiger partial charge < -0.3 is 5.32 Å². The van der Waals surface area contributed by atoms with E-state index < -0.39 is 0 Å². The van der Waals surface area contributed by atoms with Gasteiger partial charge in [-0.25, -0.2) is 5.43 Å². The molecule has 1 heterocycles. The van der Waals surface area contributed by atoms with E-state index in [2.05, 4.69) is 48.9 Å². The van der Waals surface area contributed by atoms with Crippen LogP contribution in [0.15, 0.2) is 30.3 Å². The monoisotopic (exact) mass is 249 g/mol. The number of benzene rings is 1. The summed E-state index contributed by atoms with van der Waals surface area (Å²) in [5, 5.41) is 6.20. The lowest BCUT2D eigenvalue weighted by molar-refractivity contribution is 0.199. The van der Waals surface area contributed by atoms with Crippen LogP contribution in [0, 0.1) is 0 Å². The number of thiocarbonyl (C=S) groups is 1. The number of rotatable bonds is 4. The van der Waals surface area contributed by atoms with Crippen LogP contribution in [0.5, 0.6) is 0 Å². The van der Waals surface area contributed by atoms with Crippen molar-refractivity contribution in [3.05, 3.63) is 35.9 Å². The zero-order valence-electron chi connectivity index (χ0n) is 10.4. The maximum Gasteiger partial charge on any atom is 0.185 e. The molecule has 0 radical (unpaired) electrons. The van der Waals surface area contributed by atoms with E-state index in [1.165, 1.54) is 5.56 Å². The summed E-state index contributed by atoms with van der Waals surface area (Å²) in [7, 11) is 0. The van der Waals surface area contributed by atoms with Crippen molar-refractivity contribution in [3.63, 3.8) is 0 Å². The third kappa shape index (κ3) is 2.58. The van der Waals surface area contributed by atoms with E-state index in [1.807, 2.05) is 11.1 Å².